The summed E-state index contributed by atoms with van der Waals surface area (Å²) in [6.07, 6.45) is 2.95. The monoisotopic (exact) mass is 272 g/mol. The standard InChI is InChI=1S/C14H28N2O3/c1-12(2)10-15-14(18)11-16-6-4-13(5-7-16)19-9-3-8-17/h12-13,17H,3-11H2,1-2H3,(H,15,18). The van der Waals surface area contributed by atoms with Crippen LogP contribution in [-0.4, -0.2) is 61.4 Å². The lowest BCUT2D eigenvalue weighted by atomic mass is 10.1. The van der Waals surface area contributed by atoms with Gasteiger partial charge in [-0.2, -0.15) is 0 Å². The van der Waals surface area contributed by atoms with Crippen molar-refractivity contribution in [3.05, 3.63) is 0 Å². The van der Waals surface area contributed by atoms with Crippen molar-refractivity contribution in [3.8, 4) is 0 Å². The predicted molar refractivity (Wildman–Crippen MR) is 75.0 cm³/mol. The second-order valence-electron chi connectivity index (χ2n) is 5.62. The molecule has 1 fully saturated rings. The van der Waals surface area contributed by atoms with Crippen LogP contribution in [0.1, 0.15) is 33.1 Å². The Balaban J connectivity index is 2.10. The molecule has 1 aliphatic heterocycles. The van der Waals surface area contributed by atoms with Gasteiger partial charge >= 0.3 is 0 Å². The molecule has 0 radical (unpaired) electrons. The molecule has 0 aromatic rings. The number of likely N-dealkylation sites (tertiary alicyclic amines) is 1. The lowest BCUT2D eigenvalue weighted by Crippen LogP contribution is -2.43. The van der Waals surface area contributed by atoms with Gasteiger partial charge in [-0.05, 0) is 25.2 Å². The molecule has 19 heavy (non-hydrogen) atoms. The van der Waals surface area contributed by atoms with Crippen LogP contribution in [0.3, 0.4) is 0 Å². The third kappa shape index (κ3) is 7.50. The summed E-state index contributed by atoms with van der Waals surface area (Å²) in [4.78, 5) is 13.9. The number of carbonyl (C=O) groups excluding carboxylic acids is 1. The largest absolute Gasteiger partial charge is 0.396 e. The summed E-state index contributed by atoms with van der Waals surface area (Å²) in [7, 11) is 0. The molecule has 1 amide bonds. The van der Waals surface area contributed by atoms with Crippen LogP contribution in [0.15, 0.2) is 0 Å². The summed E-state index contributed by atoms with van der Waals surface area (Å²) in [5.41, 5.74) is 0. The van der Waals surface area contributed by atoms with Gasteiger partial charge in [0.2, 0.25) is 5.91 Å². The van der Waals surface area contributed by atoms with Crippen molar-refractivity contribution in [3.63, 3.8) is 0 Å². The molecular formula is C14H28N2O3. The second kappa shape index (κ2) is 9.28. The molecule has 1 rings (SSSR count). The van der Waals surface area contributed by atoms with Crippen LogP contribution in [0.4, 0.5) is 0 Å². The highest BCUT2D eigenvalue weighted by Gasteiger charge is 2.20. The van der Waals surface area contributed by atoms with E-state index in [0.29, 0.717) is 31.6 Å². The molecule has 1 heterocycles. The van der Waals surface area contributed by atoms with Crippen molar-refractivity contribution in [1.82, 2.24) is 10.2 Å². The summed E-state index contributed by atoms with van der Waals surface area (Å²) < 4.78 is 5.67. The van der Waals surface area contributed by atoms with Crippen molar-refractivity contribution >= 4 is 5.91 Å². The van der Waals surface area contributed by atoms with E-state index >= 15 is 0 Å². The molecule has 0 unspecified atom stereocenters. The van der Waals surface area contributed by atoms with Crippen molar-refractivity contribution in [2.24, 2.45) is 5.92 Å². The van der Waals surface area contributed by atoms with Crippen molar-refractivity contribution < 1.29 is 14.6 Å². The van der Waals surface area contributed by atoms with Gasteiger partial charge in [-0.3, -0.25) is 9.69 Å². The zero-order valence-corrected chi connectivity index (χ0v) is 12.2. The summed E-state index contributed by atoms with van der Waals surface area (Å²) >= 11 is 0. The zero-order valence-electron chi connectivity index (χ0n) is 12.2. The number of hydrogen-bond donors (Lipinski definition) is 2. The lowest BCUT2D eigenvalue weighted by molar-refractivity contribution is -0.123. The summed E-state index contributed by atoms with van der Waals surface area (Å²) in [6.45, 7) is 8.09. The summed E-state index contributed by atoms with van der Waals surface area (Å²) in [6, 6.07) is 0. The topological polar surface area (TPSA) is 61.8 Å². The molecule has 1 aliphatic rings. The molecule has 0 spiro atoms. The quantitative estimate of drug-likeness (QED) is 0.636. The maximum absolute atomic E-state index is 11.7. The minimum atomic E-state index is 0.119. The maximum Gasteiger partial charge on any atom is 0.234 e. The first-order valence-corrected chi connectivity index (χ1v) is 7.33. The molecule has 0 aromatic carbocycles. The number of carbonyl (C=O) groups is 1. The SMILES string of the molecule is CC(C)CNC(=O)CN1CCC(OCCCO)CC1. The van der Waals surface area contributed by atoms with E-state index in [1.165, 1.54) is 0 Å². The van der Waals surface area contributed by atoms with Gasteiger partial charge in [0, 0.05) is 32.8 Å². The Morgan fingerprint density at radius 2 is 2.11 bits per heavy atom. The van der Waals surface area contributed by atoms with E-state index in [1.807, 2.05) is 0 Å². The minimum absolute atomic E-state index is 0.119. The van der Waals surface area contributed by atoms with E-state index in [0.717, 1.165) is 32.5 Å². The van der Waals surface area contributed by atoms with E-state index in [4.69, 9.17) is 9.84 Å². The Kier molecular flexibility index (Phi) is 8.02. The fourth-order valence-electron chi connectivity index (χ4n) is 2.13. The van der Waals surface area contributed by atoms with Gasteiger partial charge < -0.3 is 15.2 Å². The average molecular weight is 272 g/mol. The number of aliphatic hydroxyl groups is 1. The number of hydrogen-bond acceptors (Lipinski definition) is 4. The minimum Gasteiger partial charge on any atom is -0.396 e. The van der Waals surface area contributed by atoms with Crippen molar-refractivity contribution in [2.75, 3.05) is 39.4 Å². The summed E-state index contributed by atoms with van der Waals surface area (Å²) in [5.74, 6) is 0.614. The Morgan fingerprint density at radius 1 is 1.42 bits per heavy atom. The van der Waals surface area contributed by atoms with Crippen molar-refractivity contribution in [1.29, 1.82) is 0 Å². The highest BCUT2D eigenvalue weighted by Crippen LogP contribution is 2.13. The van der Waals surface area contributed by atoms with Gasteiger partial charge in [-0.1, -0.05) is 13.8 Å². The second-order valence-corrected chi connectivity index (χ2v) is 5.62. The van der Waals surface area contributed by atoms with Crippen LogP contribution in [-0.2, 0) is 9.53 Å². The zero-order chi connectivity index (χ0) is 14.1. The number of piperidine rings is 1. The molecule has 2 N–H and O–H groups in total. The molecule has 0 bridgehead atoms. The molecule has 0 saturated carbocycles. The van der Waals surface area contributed by atoms with E-state index in [2.05, 4.69) is 24.1 Å². The molecular weight excluding hydrogens is 244 g/mol. The van der Waals surface area contributed by atoms with Crippen LogP contribution < -0.4 is 5.32 Å². The van der Waals surface area contributed by atoms with Gasteiger partial charge in [0.05, 0.1) is 12.6 Å². The van der Waals surface area contributed by atoms with Crippen LogP contribution in [0, 0.1) is 5.92 Å². The molecule has 0 aromatic heterocycles. The van der Waals surface area contributed by atoms with Crippen LogP contribution in [0.25, 0.3) is 0 Å². The number of nitrogens with one attached hydrogen (secondary N) is 1. The molecule has 5 heteroatoms. The Hall–Kier alpha value is -0.650. The Bertz CT molecular complexity index is 251. The highest BCUT2D eigenvalue weighted by atomic mass is 16.5. The van der Waals surface area contributed by atoms with E-state index < -0.39 is 0 Å². The van der Waals surface area contributed by atoms with E-state index in [-0.39, 0.29) is 12.5 Å². The third-order valence-corrected chi connectivity index (χ3v) is 3.27. The van der Waals surface area contributed by atoms with Gasteiger partial charge in [-0.15, -0.1) is 0 Å². The molecule has 5 nitrogen and oxygen atoms in total. The van der Waals surface area contributed by atoms with E-state index in [1.54, 1.807) is 0 Å². The first-order valence-electron chi connectivity index (χ1n) is 7.33. The van der Waals surface area contributed by atoms with Crippen LogP contribution in [0.5, 0.6) is 0 Å². The fraction of sp³-hybridized carbons (Fsp3) is 0.929. The lowest BCUT2D eigenvalue weighted by Gasteiger charge is -2.31. The average Bonchev–Trinajstić information content (AvgIpc) is 2.39. The number of amides is 1. The predicted octanol–water partition coefficient (Wildman–Crippen LogP) is 0.622. The number of ether oxygens (including phenoxy) is 1. The normalized spacial score (nSPS) is 17.9. The van der Waals surface area contributed by atoms with E-state index in [9.17, 15) is 4.79 Å². The van der Waals surface area contributed by atoms with Gasteiger partial charge in [-0.25, -0.2) is 0 Å². The van der Waals surface area contributed by atoms with Crippen LogP contribution >= 0.6 is 0 Å². The Morgan fingerprint density at radius 3 is 2.68 bits per heavy atom. The van der Waals surface area contributed by atoms with Gasteiger partial charge in [0.15, 0.2) is 0 Å². The van der Waals surface area contributed by atoms with Gasteiger partial charge in [0.25, 0.3) is 0 Å². The van der Waals surface area contributed by atoms with Crippen molar-refractivity contribution in [2.45, 2.75) is 39.2 Å². The highest BCUT2D eigenvalue weighted by molar-refractivity contribution is 5.78. The molecule has 1 saturated heterocycles. The number of nitrogens with zero attached hydrogens (tertiary/aromatic N) is 1. The van der Waals surface area contributed by atoms with Gasteiger partial charge in [0.1, 0.15) is 0 Å². The first-order chi connectivity index (χ1) is 9.11. The smallest absolute Gasteiger partial charge is 0.234 e. The Labute approximate surface area is 116 Å². The maximum atomic E-state index is 11.7. The molecule has 0 aliphatic carbocycles. The molecule has 0 atom stereocenters. The van der Waals surface area contributed by atoms with Crippen LogP contribution in [0.2, 0.25) is 0 Å². The third-order valence-electron chi connectivity index (χ3n) is 3.27. The fourth-order valence-corrected chi connectivity index (χ4v) is 2.13. The number of rotatable bonds is 8. The first kappa shape index (κ1) is 16.4. The number of aliphatic hydroxyl groups excluding tert-OH is 1. The summed E-state index contributed by atoms with van der Waals surface area (Å²) in [5, 5.41) is 11.6. The molecule has 112 valence electrons.